The minimum Gasteiger partial charge on any atom is -0.421 e. The number of aryl methyl sites for hydroxylation is 1. The van der Waals surface area contributed by atoms with Crippen LogP contribution in [0.5, 0.6) is 0 Å². The Labute approximate surface area is 198 Å². The van der Waals surface area contributed by atoms with Crippen LogP contribution in [0.15, 0.2) is 53.3 Å². The lowest BCUT2D eigenvalue weighted by Crippen LogP contribution is -2.14. The summed E-state index contributed by atoms with van der Waals surface area (Å²) >= 11 is 0. The quantitative estimate of drug-likeness (QED) is 0.384. The van der Waals surface area contributed by atoms with Crippen LogP contribution in [-0.4, -0.2) is 30.1 Å². The van der Waals surface area contributed by atoms with Crippen molar-refractivity contribution in [2.75, 3.05) is 11.1 Å². The van der Waals surface area contributed by atoms with Gasteiger partial charge in [0.05, 0.1) is 28.5 Å². The number of hydrogen-bond donors (Lipinski definition) is 2. The van der Waals surface area contributed by atoms with E-state index in [9.17, 15) is 9.65 Å². The third kappa shape index (κ3) is 3.97. The molecule has 0 aliphatic carbocycles. The molecule has 11 heteroatoms. The largest absolute Gasteiger partial charge is 0.421 e. The van der Waals surface area contributed by atoms with Crippen LogP contribution in [0.4, 0.5) is 16.0 Å². The molecule has 35 heavy (non-hydrogen) atoms. The molecule has 3 N–H and O–H groups in total. The van der Waals surface area contributed by atoms with E-state index in [-0.39, 0.29) is 23.1 Å². The van der Waals surface area contributed by atoms with Gasteiger partial charge in [-0.25, -0.2) is 19.3 Å². The first-order valence-electron chi connectivity index (χ1n) is 10.6. The fraction of sp³-hybridized carbons (Fsp3) is 0.125. The Kier molecular flexibility index (Phi) is 5.46. The zero-order valence-electron chi connectivity index (χ0n) is 18.7. The van der Waals surface area contributed by atoms with Gasteiger partial charge in [-0.1, -0.05) is 6.07 Å². The van der Waals surface area contributed by atoms with E-state index in [2.05, 4.69) is 30.5 Å². The molecule has 0 fully saturated rings. The lowest BCUT2D eigenvalue weighted by molar-refractivity contribution is 0.533. The first kappa shape index (κ1) is 21.8. The van der Waals surface area contributed by atoms with Crippen molar-refractivity contribution in [3.63, 3.8) is 0 Å². The highest BCUT2D eigenvalue weighted by atomic mass is 19.1. The molecule has 10 nitrogen and oxygen atoms in total. The van der Waals surface area contributed by atoms with Gasteiger partial charge in [0.1, 0.15) is 35.4 Å². The highest BCUT2D eigenvalue weighted by Gasteiger charge is 2.26. The summed E-state index contributed by atoms with van der Waals surface area (Å²) < 4.78 is 20.1. The summed E-state index contributed by atoms with van der Waals surface area (Å²) in [5.41, 5.74) is 8.69. The van der Waals surface area contributed by atoms with Crippen molar-refractivity contribution in [1.82, 2.24) is 30.1 Å². The number of pyridine rings is 2. The van der Waals surface area contributed by atoms with Gasteiger partial charge in [-0.2, -0.15) is 5.26 Å². The Morgan fingerprint density at radius 3 is 2.69 bits per heavy atom. The van der Waals surface area contributed by atoms with E-state index in [1.807, 2.05) is 25.1 Å². The van der Waals surface area contributed by atoms with Gasteiger partial charge in [0.2, 0.25) is 11.8 Å². The Morgan fingerprint density at radius 2 is 1.97 bits per heavy atom. The summed E-state index contributed by atoms with van der Waals surface area (Å²) in [7, 11) is 0. The number of anilines is 2. The highest BCUT2D eigenvalue weighted by molar-refractivity contribution is 6.01. The van der Waals surface area contributed by atoms with E-state index >= 15 is 0 Å². The number of hydrogen-bond acceptors (Lipinski definition) is 10. The second-order valence-electron chi connectivity index (χ2n) is 7.71. The standard InChI is InChI=1S/C24H18FN9O/c1-12(31-23-16(10-26)22(27)29-11-30-23)21-20(18-5-3-4-8-28-18)19(24-34-33-13(2)35-24)15-9-14(25)6-7-17(15)32-21/h3-9,11-12H,1-2H3,(H3,27,29,30,31)/t12-/m0/s1. The normalized spacial score (nSPS) is 11.8. The average Bonchev–Trinajstić information content (AvgIpc) is 3.29. The summed E-state index contributed by atoms with van der Waals surface area (Å²) in [4.78, 5) is 17.4. The maximum atomic E-state index is 14.4. The first-order chi connectivity index (χ1) is 17.0. The molecule has 0 spiro atoms. The maximum Gasteiger partial charge on any atom is 0.249 e. The van der Waals surface area contributed by atoms with E-state index in [1.165, 1.54) is 18.5 Å². The van der Waals surface area contributed by atoms with Gasteiger partial charge in [-0.3, -0.25) is 4.98 Å². The molecular formula is C24H18FN9O. The lowest BCUT2D eigenvalue weighted by Gasteiger charge is -2.21. The van der Waals surface area contributed by atoms with Gasteiger partial charge < -0.3 is 15.5 Å². The molecule has 4 aromatic heterocycles. The van der Waals surface area contributed by atoms with Crippen LogP contribution in [-0.2, 0) is 0 Å². The summed E-state index contributed by atoms with van der Waals surface area (Å²) in [6.07, 6.45) is 2.92. The van der Waals surface area contributed by atoms with Crippen molar-refractivity contribution >= 4 is 22.5 Å². The van der Waals surface area contributed by atoms with Crippen LogP contribution < -0.4 is 11.1 Å². The molecule has 172 valence electrons. The SMILES string of the molecule is Cc1nnc(-c2c(-c3ccccn3)c([C@H](C)Nc3ncnc(N)c3C#N)nc3ccc(F)cc23)o1. The van der Waals surface area contributed by atoms with Crippen molar-refractivity contribution in [2.24, 2.45) is 0 Å². The molecule has 0 radical (unpaired) electrons. The van der Waals surface area contributed by atoms with Crippen molar-refractivity contribution < 1.29 is 8.81 Å². The van der Waals surface area contributed by atoms with Crippen LogP contribution in [0.3, 0.4) is 0 Å². The van der Waals surface area contributed by atoms with Gasteiger partial charge in [0.25, 0.3) is 0 Å². The Bertz CT molecular complexity index is 1590. The van der Waals surface area contributed by atoms with Crippen LogP contribution in [0.25, 0.3) is 33.6 Å². The topological polar surface area (TPSA) is 152 Å². The second kappa shape index (κ2) is 8.75. The number of fused-ring (bicyclic) bond motifs is 1. The second-order valence-corrected chi connectivity index (χ2v) is 7.71. The van der Waals surface area contributed by atoms with Crippen molar-refractivity contribution in [1.29, 1.82) is 5.26 Å². The number of rotatable bonds is 5. The average molecular weight is 467 g/mol. The van der Waals surface area contributed by atoms with E-state index in [0.29, 0.717) is 39.3 Å². The number of benzene rings is 1. The van der Waals surface area contributed by atoms with Crippen molar-refractivity contribution in [3.8, 4) is 28.8 Å². The molecule has 1 atom stereocenters. The zero-order chi connectivity index (χ0) is 24.5. The molecule has 0 bridgehead atoms. The fourth-order valence-electron chi connectivity index (χ4n) is 3.85. The molecule has 0 saturated heterocycles. The highest BCUT2D eigenvalue weighted by Crippen LogP contribution is 2.41. The molecule has 5 aromatic rings. The van der Waals surface area contributed by atoms with E-state index < -0.39 is 11.9 Å². The molecule has 5 rings (SSSR count). The lowest BCUT2D eigenvalue weighted by atomic mass is 9.94. The van der Waals surface area contributed by atoms with Gasteiger partial charge in [-0.05, 0) is 37.3 Å². The number of nitrogens with two attached hydrogens (primary N) is 1. The predicted molar refractivity (Wildman–Crippen MR) is 126 cm³/mol. The number of nitrogens with zero attached hydrogens (tertiary/aromatic N) is 7. The molecule has 4 heterocycles. The smallest absolute Gasteiger partial charge is 0.249 e. The molecular weight excluding hydrogens is 449 g/mol. The van der Waals surface area contributed by atoms with Gasteiger partial charge >= 0.3 is 0 Å². The molecule has 0 saturated carbocycles. The third-order valence-corrected chi connectivity index (χ3v) is 5.39. The number of halogens is 1. The zero-order valence-corrected chi connectivity index (χ0v) is 18.7. The van der Waals surface area contributed by atoms with E-state index in [0.717, 1.165) is 0 Å². The summed E-state index contributed by atoms with van der Waals surface area (Å²) in [5, 5.41) is 21.4. The molecule has 0 unspecified atom stereocenters. The minimum absolute atomic E-state index is 0.0612. The van der Waals surface area contributed by atoms with Crippen LogP contribution in [0.1, 0.15) is 30.1 Å². The van der Waals surface area contributed by atoms with Crippen molar-refractivity contribution in [2.45, 2.75) is 19.9 Å². The van der Waals surface area contributed by atoms with E-state index in [1.54, 1.807) is 25.3 Å². The Hall–Kier alpha value is -4.98. The van der Waals surface area contributed by atoms with Crippen molar-refractivity contribution in [3.05, 3.63) is 71.9 Å². The predicted octanol–water partition coefficient (Wildman–Crippen LogP) is 4.21. The summed E-state index contributed by atoms with van der Waals surface area (Å²) in [5.74, 6) is 0.453. The number of aromatic nitrogens is 6. The first-order valence-corrected chi connectivity index (χ1v) is 10.6. The third-order valence-electron chi connectivity index (χ3n) is 5.39. The Morgan fingerprint density at radius 1 is 1.11 bits per heavy atom. The van der Waals surface area contributed by atoms with Gasteiger partial charge in [-0.15, -0.1) is 10.2 Å². The van der Waals surface area contributed by atoms with Crippen LogP contribution >= 0.6 is 0 Å². The molecule has 0 aliphatic heterocycles. The number of nitriles is 1. The van der Waals surface area contributed by atoms with Crippen LogP contribution in [0.2, 0.25) is 0 Å². The number of nitrogen functional groups attached to an aromatic ring is 1. The maximum absolute atomic E-state index is 14.4. The summed E-state index contributed by atoms with van der Waals surface area (Å²) in [6.45, 7) is 3.53. The van der Waals surface area contributed by atoms with Crippen LogP contribution in [0, 0.1) is 24.1 Å². The van der Waals surface area contributed by atoms with Gasteiger partial charge in [0, 0.05) is 24.1 Å². The molecule has 0 aliphatic rings. The molecule has 1 aromatic carbocycles. The van der Waals surface area contributed by atoms with Gasteiger partial charge in [0.15, 0.2) is 0 Å². The molecule has 0 amide bonds. The minimum atomic E-state index is -0.495. The summed E-state index contributed by atoms with van der Waals surface area (Å²) in [6, 6.07) is 11.3. The number of nitrogens with one attached hydrogen (secondary N) is 1. The van der Waals surface area contributed by atoms with E-state index in [4.69, 9.17) is 15.1 Å². The monoisotopic (exact) mass is 467 g/mol. The Balaban J connectivity index is 1.80. The fourth-order valence-corrected chi connectivity index (χ4v) is 3.85.